The molecule has 42 heavy (non-hydrogen) atoms. The summed E-state index contributed by atoms with van der Waals surface area (Å²) in [7, 11) is 0. The van der Waals surface area contributed by atoms with Crippen LogP contribution in [0.5, 0.6) is 0 Å². The maximum absolute atomic E-state index is 13.4. The molecule has 218 valence electrons. The number of aliphatic carboxylic acids is 1. The van der Waals surface area contributed by atoms with E-state index >= 15 is 0 Å². The first kappa shape index (κ1) is 28.9. The highest BCUT2D eigenvalue weighted by atomic mass is 16.5. The van der Waals surface area contributed by atoms with Gasteiger partial charge in [0.1, 0.15) is 19.3 Å². The number of ether oxygens (including phenoxy) is 2. The first-order chi connectivity index (χ1) is 20.3. The van der Waals surface area contributed by atoms with Crippen molar-refractivity contribution >= 4 is 23.9 Å². The Morgan fingerprint density at radius 2 is 1.52 bits per heavy atom. The van der Waals surface area contributed by atoms with Crippen LogP contribution in [0.1, 0.15) is 55.2 Å². The van der Waals surface area contributed by atoms with Crippen LogP contribution in [0.4, 0.5) is 4.79 Å². The zero-order chi connectivity index (χ0) is 29.7. The zero-order valence-electron chi connectivity index (χ0n) is 23.4. The average molecular weight is 571 g/mol. The SMILES string of the molecule is CC1(C(=O)O)CCCC1NC(=O)[C@H](CC(=O)OCc1ccccc1)NC(=O)OCC1c2ccccc2-c2ccccc21. The van der Waals surface area contributed by atoms with E-state index in [4.69, 9.17) is 9.47 Å². The van der Waals surface area contributed by atoms with Crippen molar-refractivity contribution in [1.82, 2.24) is 10.6 Å². The molecule has 3 N–H and O–H groups in total. The predicted molar refractivity (Wildman–Crippen MR) is 154 cm³/mol. The van der Waals surface area contributed by atoms with Crippen molar-refractivity contribution in [1.29, 1.82) is 0 Å². The second-order valence-electron chi connectivity index (χ2n) is 11.0. The molecule has 2 unspecified atom stereocenters. The molecule has 0 bridgehead atoms. The fourth-order valence-electron chi connectivity index (χ4n) is 5.88. The molecule has 5 rings (SSSR count). The molecule has 1 saturated carbocycles. The number of hydrogen-bond donors (Lipinski definition) is 3. The topological polar surface area (TPSA) is 131 Å². The summed E-state index contributed by atoms with van der Waals surface area (Å²) in [5, 5.41) is 15.0. The molecule has 0 radical (unpaired) electrons. The molecule has 3 atom stereocenters. The Morgan fingerprint density at radius 3 is 2.17 bits per heavy atom. The molecule has 0 saturated heterocycles. The number of esters is 1. The minimum atomic E-state index is -1.32. The summed E-state index contributed by atoms with van der Waals surface area (Å²) in [5.41, 5.74) is 3.88. The minimum Gasteiger partial charge on any atom is -0.481 e. The Balaban J connectivity index is 1.26. The number of carbonyl (C=O) groups is 4. The second kappa shape index (κ2) is 12.5. The van der Waals surface area contributed by atoms with Crippen LogP contribution >= 0.6 is 0 Å². The maximum atomic E-state index is 13.4. The van der Waals surface area contributed by atoms with E-state index in [1.165, 1.54) is 0 Å². The summed E-state index contributed by atoms with van der Waals surface area (Å²) in [6, 6.07) is 23.0. The van der Waals surface area contributed by atoms with E-state index in [-0.39, 0.29) is 19.1 Å². The lowest BCUT2D eigenvalue weighted by molar-refractivity contribution is -0.150. The lowest BCUT2D eigenvalue weighted by atomic mass is 9.84. The Bertz CT molecular complexity index is 1430. The lowest BCUT2D eigenvalue weighted by Gasteiger charge is -2.29. The highest BCUT2D eigenvalue weighted by molar-refractivity contribution is 5.90. The van der Waals surface area contributed by atoms with Crippen molar-refractivity contribution in [3.05, 3.63) is 95.6 Å². The van der Waals surface area contributed by atoms with Gasteiger partial charge < -0.3 is 25.2 Å². The van der Waals surface area contributed by atoms with Crippen LogP contribution in [0.25, 0.3) is 11.1 Å². The number of fused-ring (bicyclic) bond motifs is 3. The van der Waals surface area contributed by atoms with E-state index in [1.54, 1.807) is 19.1 Å². The van der Waals surface area contributed by atoms with Crippen LogP contribution in [-0.4, -0.2) is 47.7 Å². The number of nitrogens with one attached hydrogen (secondary N) is 2. The molecule has 0 aromatic heterocycles. The molecule has 0 spiro atoms. The fourth-order valence-corrected chi connectivity index (χ4v) is 5.88. The molecule has 0 heterocycles. The molecule has 2 amide bonds. The van der Waals surface area contributed by atoms with Crippen LogP contribution < -0.4 is 10.6 Å². The van der Waals surface area contributed by atoms with Crippen LogP contribution in [0.15, 0.2) is 78.9 Å². The van der Waals surface area contributed by atoms with E-state index in [1.807, 2.05) is 66.7 Å². The van der Waals surface area contributed by atoms with E-state index in [2.05, 4.69) is 10.6 Å². The Labute approximate surface area is 244 Å². The molecule has 2 aliphatic carbocycles. The minimum absolute atomic E-state index is 0.0126. The summed E-state index contributed by atoms with van der Waals surface area (Å²) in [6.45, 7) is 1.64. The number of alkyl carbamates (subject to hydrolysis) is 1. The Morgan fingerprint density at radius 1 is 0.905 bits per heavy atom. The smallest absolute Gasteiger partial charge is 0.407 e. The summed E-state index contributed by atoms with van der Waals surface area (Å²) in [5.74, 6) is -2.54. The van der Waals surface area contributed by atoms with Gasteiger partial charge in [0.15, 0.2) is 0 Å². The highest BCUT2D eigenvalue weighted by Crippen LogP contribution is 2.44. The number of hydrogen-bond acceptors (Lipinski definition) is 6. The van der Waals surface area contributed by atoms with Gasteiger partial charge in [0.05, 0.1) is 11.8 Å². The van der Waals surface area contributed by atoms with Crippen LogP contribution in [0, 0.1) is 5.41 Å². The van der Waals surface area contributed by atoms with Gasteiger partial charge in [-0.2, -0.15) is 0 Å². The van der Waals surface area contributed by atoms with Gasteiger partial charge in [0.25, 0.3) is 0 Å². The normalized spacial score (nSPS) is 19.7. The van der Waals surface area contributed by atoms with Crippen molar-refractivity contribution in [2.75, 3.05) is 6.61 Å². The molecule has 9 nitrogen and oxygen atoms in total. The van der Waals surface area contributed by atoms with Gasteiger partial charge in [0.2, 0.25) is 5.91 Å². The standard InChI is InChI=1S/C33H34N2O7/c1-33(31(38)39)17-9-16-28(33)35-30(37)27(18-29(36)41-19-21-10-3-2-4-11-21)34-32(40)42-20-26-24-14-7-5-12-22(24)23-13-6-8-15-25(23)26/h2-8,10-15,26-28H,9,16-20H2,1H3,(H,34,40)(H,35,37)(H,38,39)/t27-,28?,33?/m0/s1. The molecular formula is C33H34N2O7. The maximum Gasteiger partial charge on any atom is 0.407 e. The molecule has 2 aliphatic rings. The number of amides is 2. The molecule has 0 aliphatic heterocycles. The van der Waals surface area contributed by atoms with Gasteiger partial charge in [-0.15, -0.1) is 0 Å². The lowest BCUT2D eigenvalue weighted by Crippen LogP contribution is -2.54. The van der Waals surface area contributed by atoms with Gasteiger partial charge in [-0.25, -0.2) is 4.79 Å². The van der Waals surface area contributed by atoms with Crippen molar-refractivity contribution in [2.24, 2.45) is 5.41 Å². The van der Waals surface area contributed by atoms with E-state index in [0.717, 1.165) is 27.8 Å². The third-order valence-electron chi connectivity index (χ3n) is 8.33. The molecule has 3 aromatic rings. The summed E-state index contributed by atoms with van der Waals surface area (Å²) in [6.07, 6.45) is 0.221. The number of carbonyl (C=O) groups excluding carboxylic acids is 3. The summed E-state index contributed by atoms with van der Waals surface area (Å²) in [4.78, 5) is 51.0. The molecule has 9 heteroatoms. The van der Waals surface area contributed by atoms with Gasteiger partial charge in [-0.05, 0) is 47.6 Å². The monoisotopic (exact) mass is 570 g/mol. The predicted octanol–water partition coefficient (Wildman–Crippen LogP) is 4.79. The molecule has 3 aromatic carbocycles. The zero-order valence-corrected chi connectivity index (χ0v) is 23.4. The van der Waals surface area contributed by atoms with E-state index in [0.29, 0.717) is 19.3 Å². The quantitative estimate of drug-likeness (QED) is 0.299. The van der Waals surface area contributed by atoms with Gasteiger partial charge >= 0.3 is 18.0 Å². The number of carboxylic acids is 1. The first-order valence-electron chi connectivity index (χ1n) is 14.1. The van der Waals surface area contributed by atoms with Crippen LogP contribution in [-0.2, 0) is 30.5 Å². The summed E-state index contributed by atoms with van der Waals surface area (Å²) < 4.78 is 11.0. The van der Waals surface area contributed by atoms with Gasteiger partial charge in [-0.3, -0.25) is 14.4 Å². The average Bonchev–Trinajstić information content (AvgIpc) is 3.53. The van der Waals surface area contributed by atoms with Crippen LogP contribution in [0.3, 0.4) is 0 Å². The first-order valence-corrected chi connectivity index (χ1v) is 14.1. The largest absolute Gasteiger partial charge is 0.481 e. The second-order valence-corrected chi connectivity index (χ2v) is 11.0. The number of benzene rings is 3. The van der Waals surface area contributed by atoms with E-state index < -0.39 is 47.9 Å². The molecular weight excluding hydrogens is 536 g/mol. The Kier molecular flexibility index (Phi) is 8.56. The fraction of sp³-hybridized carbons (Fsp3) is 0.333. The number of rotatable bonds is 10. The summed E-state index contributed by atoms with van der Waals surface area (Å²) >= 11 is 0. The van der Waals surface area contributed by atoms with Crippen LogP contribution in [0.2, 0.25) is 0 Å². The third kappa shape index (κ3) is 6.15. The van der Waals surface area contributed by atoms with Gasteiger partial charge in [-0.1, -0.05) is 85.3 Å². The Hall–Kier alpha value is -4.66. The third-order valence-corrected chi connectivity index (χ3v) is 8.33. The highest BCUT2D eigenvalue weighted by Gasteiger charge is 2.46. The van der Waals surface area contributed by atoms with Gasteiger partial charge in [0, 0.05) is 12.0 Å². The van der Waals surface area contributed by atoms with Crippen molar-refractivity contribution < 1.29 is 33.8 Å². The number of carboxylic acid groups (broad SMARTS) is 1. The molecule has 1 fully saturated rings. The van der Waals surface area contributed by atoms with E-state index in [9.17, 15) is 24.3 Å². The van der Waals surface area contributed by atoms with Crippen molar-refractivity contribution in [3.63, 3.8) is 0 Å². The van der Waals surface area contributed by atoms with Crippen molar-refractivity contribution in [2.45, 2.75) is 57.2 Å². The van der Waals surface area contributed by atoms with Crippen molar-refractivity contribution in [3.8, 4) is 11.1 Å².